The number of carboxylic acids is 1. The average molecular weight is 402 g/mol. The molecule has 0 aliphatic carbocycles. The zero-order chi connectivity index (χ0) is 17.2. The number of hydrogen-bond donors (Lipinski definition) is 1. The molecule has 0 aliphatic heterocycles. The van der Waals surface area contributed by atoms with Gasteiger partial charge in [-0.25, -0.2) is 21.9 Å². The number of rotatable bonds is 5. The van der Waals surface area contributed by atoms with Crippen molar-refractivity contribution in [2.24, 2.45) is 0 Å². The molecule has 1 atom stereocenters. The van der Waals surface area contributed by atoms with E-state index < -0.39 is 27.9 Å². The van der Waals surface area contributed by atoms with Crippen LogP contribution in [0.25, 0.3) is 0 Å². The molecule has 0 spiro atoms. The number of sulfonamides is 1. The molecule has 8 heteroatoms. The molecule has 23 heavy (non-hydrogen) atoms. The number of carboxylic acid groups (broad SMARTS) is 1. The van der Waals surface area contributed by atoms with Crippen LogP contribution in [0.4, 0.5) is 10.1 Å². The monoisotopic (exact) mass is 401 g/mol. The number of para-hydroxylation sites is 1. The van der Waals surface area contributed by atoms with Gasteiger partial charge >= 0.3 is 5.97 Å². The maximum absolute atomic E-state index is 14.1. The van der Waals surface area contributed by atoms with E-state index in [1.807, 2.05) is 0 Å². The fourth-order valence-corrected chi connectivity index (χ4v) is 3.88. The van der Waals surface area contributed by atoms with Crippen molar-refractivity contribution in [3.05, 3.63) is 58.8 Å². The lowest BCUT2D eigenvalue weighted by atomic mass is 10.2. The summed E-state index contributed by atoms with van der Waals surface area (Å²) in [5, 5.41) is 9.22. The molecule has 1 unspecified atom stereocenters. The van der Waals surface area contributed by atoms with Crippen molar-refractivity contribution in [3.63, 3.8) is 0 Å². The predicted octanol–water partition coefficient (Wildman–Crippen LogP) is 3.26. The van der Waals surface area contributed by atoms with Gasteiger partial charge in [-0.2, -0.15) is 0 Å². The van der Waals surface area contributed by atoms with Crippen LogP contribution in [0.5, 0.6) is 0 Å². The van der Waals surface area contributed by atoms with Gasteiger partial charge in [-0.05, 0) is 43.3 Å². The molecule has 0 aromatic heterocycles. The second-order valence-electron chi connectivity index (χ2n) is 4.72. The average Bonchev–Trinajstić information content (AvgIpc) is 2.49. The van der Waals surface area contributed by atoms with E-state index in [0.29, 0.717) is 8.78 Å². The van der Waals surface area contributed by atoms with Gasteiger partial charge < -0.3 is 5.11 Å². The first-order valence-electron chi connectivity index (χ1n) is 6.52. The van der Waals surface area contributed by atoms with Crippen LogP contribution < -0.4 is 4.31 Å². The summed E-state index contributed by atoms with van der Waals surface area (Å²) in [6.07, 6.45) is 0. The Hall–Kier alpha value is -1.93. The summed E-state index contributed by atoms with van der Waals surface area (Å²) in [4.78, 5) is 11.2. The Morgan fingerprint density at radius 2 is 1.74 bits per heavy atom. The molecule has 2 aromatic carbocycles. The SMILES string of the molecule is CC(C(=O)O)N(c1ccccc1F)S(=O)(=O)c1ccc(Br)cc1. The first kappa shape index (κ1) is 17.4. The molecular weight excluding hydrogens is 389 g/mol. The third kappa shape index (κ3) is 3.53. The third-order valence-electron chi connectivity index (χ3n) is 3.17. The largest absolute Gasteiger partial charge is 0.480 e. The molecule has 0 amide bonds. The summed E-state index contributed by atoms with van der Waals surface area (Å²) in [7, 11) is -4.25. The summed E-state index contributed by atoms with van der Waals surface area (Å²) in [5.74, 6) is -2.20. The molecule has 0 fully saturated rings. The fourth-order valence-electron chi connectivity index (χ4n) is 2.00. The minimum absolute atomic E-state index is 0.128. The first-order valence-corrected chi connectivity index (χ1v) is 8.76. The number of aliphatic carboxylic acids is 1. The molecule has 0 saturated heterocycles. The highest BCUT2D eigenvalue weighted by Crippen LogP contribution is 2.29. The maximum atomic E-state index is 14.1. The molecule has 1 N–H and O–H groups in total. The lowest BCUT2D eigenvalue weighted by Crippen LogP contribution is -2.43. The van der Waals surface area contributed by atoms with Crippen molar-refractivity contribution >= 4 is 37.6 Å². The van der Waals surface area contributed by atoms with Crippen LogP contribution in [0, 0.1) is 5.82 Å². The smallest absolute Gasteiger partial charge is 0.327 e. The van der Waals surface area contributed by atoms with Gasteiger partial charge in [-0.15, -0.1) is 0 Å². The normalized spacial score (nSPS) is 12.7. The minimum atomic E-state index is -4.25. The highest BCUT2D eigenvalue weighted by Gasteiger charge is 2.34. The zero-order valence-corrected chi connectivity index (χ0v) is 14.4. The van der Waals surface area contributed by atoms with Gasteiger partial charge in [0.05, 0.1) is 10.6 Å². The van der Waals surface area contributed by atoms with E-state index in [1.165, 1.54) is 49.4 Å². The van der Waals surface area contributed by atoms with E-state index in [0.717, 1.165) is 6.07 Å². The van der Waals surface area contributed by atoms with Crippen molar-refractivity contribution in [3.8, 4) is 0 Å². The zero-order valence-electron chi connectivity index (χ0n) is 12.0. The van der Waals surface area contributed by atoms with Gasteiger partial charge in [-0.1, -0.05) is 28.1 Å². The van der Waals surface area contributed by atoms with Gasteiger partial charge in [0.1, 0.15) is 11.9 Å². The van der Waals surface area contributed by atoms with Crippen LogP contribution in [0.1, 0.15) is 6.92 Å². The van der Waals surface area contributed by atoms with Gasteiger partial charge in [-0.3, -0.25) is 0 Å². The van der Waals surface area contributed by atoms with Crippen molar-refractivity contribution in [2.45, 2.75) is 17.9 Å². The van der Waals surface area contributed by atoms with Gasteiger partial charge in [0, 0.05) is 4.47 Å². The van der Waals surface area contributed by atoms with Gasteiger partial charge in [0.2, 0.25) is 0 Å². The topological polar surface area (TPSA) is 74.7 Å². The lowest BCUT2D eigenvalue weighted by Gasteiger charge is -2.28. The van der Waals surface area contributed by atoms with E-state index in [-0.39, 0.29) is 10.6 Å². The van der Waals surface area contributed by atoms with Crippen LogP contribution in [0.15, 0.2) is 57.9 Å². The molecule has 122 valence electrons. The molecule has 0 bridgehead atoms. The predicted molar refractivity (Wildman–Crippen MR) is 87.3 cm³/mol. The molecule has 0 heterocycles. The lowest BCUT2D eigenvalue weighted by molar-refractivity contribution is -0.137. The van der Waals surface area contributed by atoms with Gasteiger partial charge in [0.25, 0.3) is 10.0 Å². The molecular formula is C15H13BrFNO4S. The van der Waals surface area contributed by atoms with Crippen LogP contribution in [-0.2, 0) is 14.8 Å². The van der Waals surface area contributed by atoms with Crippen molar-refractivity contribution in [2.75, 3.05) is 4.31 Å². The summed E-state index contributed by atoms with van der Waals surface area (Å²) in [6, 6.07) is 9.34. The van der Waals surface area contributed by atoms with Gasteiger partial charge in [0.15, 0.2) is 0 Å². The molecule has 0 saturated carbocycles. The fraction of sp³-hybridized carbons (Fsp3) is 0.133. The van der Waals surface area contributed by atoms with Crippen LogP contribution >= 0.6 is 15.9 Å². The first-order chi connectivity index (χ1) is 10.7. The Balaban J connectivity index is 2.64. The van der Waals surface area contributed by atoms with Crippen molar-refractivity contribution in [1.29, 1.82) is 0 Å². The summed E-state index contributed by atoms with van der Waals surface area (Å²) < 4.78 is 41.0. The second-order valence-corrected chi connectivity index (χ2v) is 7.45. The standard InChI is InChI=1S/C15H13BrFNO4S/c1-10(15(19)20)18(14-5-3-2-4-13(14)17)23(21,22)12-8-6-11(16)7-9-12/h2-10H,1H3,(H,19,20). The summed E-state index contributed by atoms with van der Waals surface area (Å²) in [5.41, 5.74) is -0.315. The number of nitrogens with zero attached hydrogens (tertiary/aromatic N) is 1. The highest BCUT2D eigenvalue weighted by molar-refractivity contribution is 9.10. The summed E-state index contributed by atoms with van der Waals surface area (Å²) in [6.45, 7) is 1.19. The summed E-state index contributed by atoms with van der Waals surface area (Å²) >= 11 is 3.20. The molecule has 5 nitrogen and oxygen atoms in total. The van der Waals surface area contributed by atoms with E-state index in [2.05, 4.69) is 15.9 Å². The number of carbonyl (C=O) groups is 1. The number of benzene rings is 2. The minimum Gasteiger partial charge on any atom is -0.480 e. The highest BCUT2D eigenvalue weighted by atomic mass is 79.9. The molecule has 2 aromatic rings. The molecule has 0 aliphatic rings. The van der Waals surface area contributed by atoms with Crippen LogP contribution in [0.3, 0.4) is 0 Å². The molecule has 0 radical (unpaired) electrons. The van der Waals surface area contributed by atoms with E-state index in [4.69, 9.17) is 0 Å². The van der Waals surface area contributed by atoms with Crippen LogP contribution in [-0.4, -0.2) is 25.5 Å². The Bertz CT molecular complexity index is 824. The quantitative estimate of drug-likeness (QED) is 0.833. The number of hydrogen-bond acceptors (Lipinski definition) is 3. The Morgan fingerprint density at radius 1 is 1.17 bits per heavy atom. The molecule has 2 rings (SSSR count). The van der Waals surface area contributed by atoms with Crippen molar-refractivity contribution < 1.29 is 22.7 Å². The number of anilines is 1. The number of halogens is 2. The Kier molecular flexibility index (Phi) is 5.06. The van der Waals surface area contributed by atoms with Crippen LogP contribution in [0.2, 0.25) is 0 Å². The van der Waals surface area contributed by atoms with E-state index in [9.17, 15) is 22.7 Å². The Morgan fingerprint density at radius 3 is 2.26 bits per heavy atom. The van der Waals surface area contributed by atoms with Crippen molar-refractivity contribution in [1.82, 2.24) is 0 Å². The maximum Gasteiger partial charge on any atom is 0.327 e. The van der Waals surface area contributed by atoms with E-state index >= 15 is 0 Å². The second kappa shape index (κ2) is 6.67. The Labute approximate surface area is 141 Å². The van der Waals surface area contributed by atoms with E-state index in [1.54, 1.807) is 0 Å². The third-order valence-corrected chi connectivity index (χ3v) is 5.60.